The van der Waals surface area contributed by atoms with Gasteiger partial charge in [0.05, 0.1) is 10.4 Å². The Balaban J connectivity index is 1.96. The zero-order valence-corrected chi connectivity index (χ0v) is 9.90. The van der Waals surface area contributed by atoms with Crippen LogP contribution in [-0.4, -0.2) is 16.9 Å². The Hall–Kier alpha value is -0.640. The van der Waals surface area contributed by atoms with Crippen LogP contribution in [-0.2, 0) is 4.79 Å². The summed E-state index contributed by atoms with van der Waals surface area (Å²) in [5.41, 5.74) is 5.16. The molecule has 1 amide bonds. The zero-order chi connectivity index (χ0) is 11.1. The van der Waals surface area contributed by atoms with Crippen LogP contribution >= 0.6 is 12.2 Å². The molecule has 2 fully saturated rings. The van der Waals surface area contributed by atoms with E-state index in [0.29, 0.717) is 10.9 Å². The number of hydrogen-bond acceptors (Lipinski definition) is 2. The monoisotopic (exact) mass is 226 g/mol. The smallest absolute Gasteiger partial charge is 0.233 e. The van der Waals surface area contributed by atoms with Gasteiger partial charge in [0, 0.05) is 6.04 Å². The fourth-order valence-electron chi connectivity index (χ4n) is 2.17. The third kappa shape index (κ3) is 1.87. The first kappa shape index (κ1) is 10.9. The second-order valence-corrected chi connectivity index (χ2v) is 5.34. The van der Waals surface area contributed by atoms with E-state index in [2.05, 4.69) is 12.2 Å². The summed E-state index contributed by atoms with van der Waals surface area (Å²) in [6, 6.07) is 0.282. The van der Waals surface area contributed by atoms with Crippen LogP contribution in [0.25, 0.3) is 0 Å². The van der Waals surface area contributed by atoms with Gasteiger partial charge in [-0.1, -0.05) is 18.6 Å². The van der Waals surface area contributed by atoms with Gasteiger partial charge in [0.15, 0.2) is 0 Å². The molecule has 0 aromatic rings. The van der Waals surface area contributed by atoms with Gasteiger partial charge in [0.1, 0.15) is 0 Å². The molecule has 2 aliphatic carbocycles. The summed E-state index contributed by atoms with van der Waals surface area (Å²) in [5, 5.41) is 3.06. The van der Waals surface area contributed by atoms with Crippen molar-refractivity contribution in [2.75, 3.05) is 0 Å². The fourth-order valence-corrected chi connectivity index (χ4v) is 2.47. The summed E-state index contributed by atoms with van der Waals surface area (Å²) in [6.45, 7) is 2.07. The average molecular weight is 226 g/mol. The summed E-state index contributed by atoms with van der Waals surface area (Å²) in [7, 11) is 0. The van der Waals surface area contributed by atoms with Gasteiger partial charge in [-0.3, -0.25) is 4.79 Å². The molecule has 84 valence electrons. The Labute approximate surface area is 95.8 Å². The van der Waals surface area contributed by atoms with E-state index in [1.165, 1.54) is 12.8 Å². The van der Waals surface area contributed by atoms with Crippen molar-refractivity contribution in [2.45, 2.75) is 45.1 Å². The third-order valence-corrected chi connectivity index (χ3v) is 4.19. The minimum atomic E-state index is -0.515. The molecule has 0 radical (unpaired) electrons. The lowest BCUT2D eigenvalue weighted by Gasteiger charge is -2.39. The van der Waals surface area contributed by atoms with Gasteiger partial charge in [-0.2, -0.15) is 0 Å². The topological polar surface area (TPSA) is 55.1 Å². The predicted molar refractivity (Wildman–Crippen MR) is 63.4 cm³/mol. The van der Waals surface area contributed by atoms with E-state index < -0.39 is 5.41 Å². The van der Waals surface area contributed by atoms with Gasteiger partial charge in [-0.15, -0.1) is 0 Å². The van der Waals surface area contributed by atoms with Crippen molar-refractivity contribution in [2.24, 2.45) is 17.1 Å². The van der Waals surface area contributed by atoms with Gasteiger partial charge in [-0.05, 0) is 38.5 Å². The summed E-state index contributed by atoms with van der Waals surface area (Å²) in [4.78, 5) is 12.4. The molecule has 0 heterocycles. The molecule has 2 saturated carbocycles. The Kier molecular flexibility index (Phi) is 2.71. The first-order valence-corrected chi connectivity index (χ1v) is 6.08. The van der Waals surface area contributed by atoms with Gasteiger partial charge in [0.2, 0.25) is 5.91 Å². The Morgan fingerprint density at radius 2 is 2.13 bits per heavy atom. The first-order chi connectivity index (χ1) is 7.06. The average Bonchev–Trinajstić information content (AvgIpc) is 2.81. The molecule has 2 aliphatic rings. The van der Waals surface area contributed by atoms with Crippen LogP contribution in [0.1, 0.15) is 39.0 Å². The van der Waals surface area contributed by atoms with E-state index in [1.54, 1.807) is 0 Å². The Morgan fingerprint density at radius 1 is 1.53 bits per heavy atom. The van der Waals surface area contributed by atoms with Crippen LogP contribution in [0, 0.1) is 11.3 Å². The molecule has 4 heteroatoms. The summed E-state index contributed by atoms with van der Waals surface area (Å²) >= 11 is 5.01. The van der Waals surface area contributed by atoms with Gasteiger partial charge >= 0.3 is 0 Å². The van der Waals surface area contributed by atoms with Crippen LogP contribution in [0.2, 0.25) is 0 Å². The minimum Gasteiger partial charge on any atom is -0.392 e. The molecule has 0 aromatic heterocycles. The number of carbonyl (C=O) groups excluding carboxylic acids is 1. The van der Waals surface area contributed by atoms with Crippen LogP contribution in [0.5, 0.6) is 0 Å². The van der Waals surface area contributed by atoms with E-state index in [1.807, 2.05) is 0 Å². The van der Waals surface area contributed by atoms with E-state index >= 15 is 0 Å². The van der Waals surface area contributed by atoms with Crippen molar-refractivity contribution in [1.82, 2.24) is 5.32 Å². The van der Waals surface area contributed by atoms with Crippen molar-refractivity contribution in [3.63, 3.8) is 0 Å². The van der Waals surface area contributed by atoms with Crippen LogP contribution in [0.4, 0.5) is 0 Å². The molecule has 0 bridgehead atoms. The van der Waals surface area contributed by atoms with Crippen molar-refractivity contribution in [3.05, 3.63) is 0 Å². The lowest BCUT2D eigenvalue weighted by atomic mass is 9.68. The molecule has 3 N–H and O–H groups in total. The quantitative estimate of drug-likeness (QED) is 0.712. The maximum Gasteiger partial charge on any atom is 0.233 e. The summed E-state index contributed by atoms with van der Waals surface area (Å²) in [5.74, 6) is 0.734. The highest BCUT2D eigenvalue weighted by atomic mass is 32.1. The molecule has 2 rings (SSSR count). The number of hydrogen-bond donors (Lipinski definition) is 2. The maximum atomic E-state index is 12.1. The molecule has 0 aromatic carbocycles. The van der Waals surface area contributed by atoms with Crippen LogP contribution in [0.3, 0.4) is 0 Å². The molecule has 1 unspecified atom stereocenters. The Bertz CT molecular complexity index is 295. The predicted octanol–water partition coefficient (Wildman–Crippen LogP) is 1.36. The maximum absolute atomic E-state index is 12.1. The molecule has 0 aliphatic heterocycles. The number of thiocarbonyl (C=S) groups is 1. The third-order valence-electron chi connectivity index (χ3n) is 3.80. The van der Waals surface area contributed by atoms with Crippen LogP contribution < -0.4 is 11.1 Å². The second kappa shape index (κ2) is 3.74. The molecule has 15 heavy (non-hydrogen) atoms. The first-order valence-electron chi connectivity index (χ1n) is 5.67. The van der Waals surface area contributed by atoms with Crippen LogP contribution in [0.15, 0.2) is 0 Å². The van der Waals surface area contributed by atoms with Crippen molar-refractivity contribution < 1.29 is 4.79 Å². The number of rotatable bonds is 4. The zero-order valence-electron chi connectivity index (χ0n) is 9.08. The van der Waals surface area contributed by atoms with E-state index in [0.717, 1.165) is 19.3 Å². The number of amides is 1. The molecular weight excluding hydrogens is 208 g/mol. The lowest BCUT2D eigenvalue weighted by Crippen LogP contribution is -2.55. The molecule has 1 atom stereocenters. The summed E-state index contributed by atoms with van der Waals surface area (Å²) < 4.78 is 0. The van der Waals surface area contributed by atoms with Gasteiger partial charge < -0.3 is 11.1 Å². The lowest BCUT2D eigenvalue weighted by molar-refractivity contribution is -0.131. The van der Waals surface area contributed by atoms with Crippen molar-refractivity contribution >= 4 is 23.1 Å². The van der Waals surface area contributed by atoms with E-state index in [-0.39, 0.29) is 11.9 Å². The normalized spacial score (nSPS) is 25.1. The summed E-state index contributed by atoms with van der Waals surface area (Å²) in [6.07, 6.45) is 5.18. The number of nitrogens with two attached hydrogens (primary N) is 1. The van der Waals surface area contributed by atoms with E-state index in [9.17, 15) is 4.79 Å². The minimum absolute atomic E-state index is 0.0562. The molecular formula is C11H18N2OS. The fraction of sp³-hybridized carbons (Fsp3) is 0.818. The highest BCUT2D eigenvalue weighted by Crippen LogP contribution is 2.42. The van der Waals surface area contributed by atoms with Gasteiger partial charge in [-0.25, -0.2) is 0 Å². The number of carbonyl (C=O) groups is 1. The van der Waals surface area contributed by atoms with Crippen molar-refractivity contribution in [3.8, 4) is 0 Å². The second-order valence-electron chi connectivity index (χ2n) is 4.90. The molecule has 0 spiro atoms. The molecule has 3 nitrogen and oxygen atoms in total. The molecule has 0 saturated heterocycles. The van der Waals surface area contributed by atoms with Crippen molar-refractivity contribution in [1.29, 1.82) is 0 Å². The SMILES string of the molecule is CC(NC(=O)C1(C(N)=S)CCC1)C1CC1. The standard InChI is InChI=1S/C11H18N2OS/c1-7(8-3-4-8)13-10(14)11(9(12)15)5-2-6-11/h7-8H,2-6H2,1H3,(H2,12,15)(H,13,14). The van der Waals surface area contributed by atoms with E-state index in [4.69, 9.17) is 18.0 Å². The highest BCUT2D eigenvalue weighted by Gasteiger charge is 2.47. The Morgan fingerprint density at radius 3 is 2.47 bits per heavy atom. The largest absolute Gasteiger partial charge is 0.392 e. The number of nitrogens with one attached hydrogen (secondary N) is 1. The highest BCUT2D eigenvalue weighted by molar-refractivity contribution is 7.80. The van der Waals surface area contributed by atoms with Gasteiger partial charge in [0.25, 0.3) is 0 Å².